The van der Waals surface area contributed by atoms with Crippen LogP contribution in [-0.2, 0) is 5.11 Å². The van der Waals surface area contributed by atoms with Gasteiger partial charge in [-0.15, -0.1) is 0 Å². The summed E-state index contributed by atoms with van der Waals surface area (Å²) < 4.78 is 0. The van der Waals surface area contributed by atoms with E-state index in [2.05, 4.69) is 25.6 Å². The normalized spacial score (nSPS) is 13.2. The lowest BCUT2D eigenvalue weighted by atomic mass is 10.2. The van der Waals surface area contributed by atoms with Crippen LogP contribution in [0.15, 0.2) is 0 Å². The Morgan fingerprint density at radius 3 is 2.42 bits per heavy atom. The molecule has 1 nitrogen and oxygen atoms in total. The van der Waals surface area contributed by atoms with Crippen molar-refractivity contribution < 1.29 is 5.11 Å². The first-order valence-electron chi connectivity index (χ1n) is 5.01. The molecule has 0 aliphatic carbocycles. The molecule has 1 radical (unpaired) electrons. The summed E-state index contributed by atoms with van der Waals surface area (Å²) in [5, 5.41) is 10.9. The zero-order valence-corrected chi connectivity index (χ0v) is 9.16. The van der Waals surface area contributed by atoms with Crippen LogP contribution in [0.2, 0.25) is 0 Å². The number of hydrogen-bond donors (Lipinski definition) is 0. The predicted octanol–water partition coefficient (Wildman–Crippen LogP) is 3.51. The van der Waals surface area contributed by atoms with E-state index < -0.39 is 0 Å². The maximum Gasteiger partial charge on any atom is 0.0822 e. The van der Waals surface area contributed by atoms with Crippen molar-refractivity contribution in [3.63, 3.8) is 0 Å². The van der Waals surface area contributed by atoms with E-state index in [1.165, 1.54) is 25.0 Å². The summed E-state index contributed by atoms with van der Waals surface area (Å²) in [6.07, 6.45) is 5.80. The molecule has 0 spiro atoms. The van der Waals surface area contributed by atoms with Crippen molar-refractivity contribution >= 4 is 11.8 Å². The lowest BCUT2D eigenvalue weighted by molar-refractivity contribution is 0.186. The zero-order chi connectivity index (χ0) is 9.23. The van der Waals surface area contributed by atoms with Gasteiger partial charge in [0.25, 0.3) is 0 Å². The first-order valence-corrected chi connectivity index (χ1v) is 6.05. The number of hydrogen-bond acceptors (Lipinski definition) is 1. The SMILES string of the molecule is CCC(C)SCCCCCC[O]. The molecular formula is C10H21OS. The number of unbranched alkanes of at least 4 members (excludes halogenated alkanes) is 3. The molecule has 0 aromatic rings. The third-order valence-corrected chi connectivity index (χ3v) is 3.44. The molecule has 0 aliphatic rings. The van der Waals surface area contributed by atoms with Gasteiger partial charge in [-0.2, -0.15) is 11.8 Å². The maximum atomic E-state index is 10.1. The fraction of sp³-hybridized carbons (Fsp3) is 1.00. The van der Waals surface area contributed by atoms with E-state index in [9.17, 15) is 5.11 Å². The zero-order valence-electron chi connectivity index (χ0n) is 8.34. The molecular weight excluding hydrogens is 168 g/mol. The summed E-state index contributed by atoms with van der Waals surface area (Å²) in [6.45, 7) is 4.62. The third-order valence-electron chi connectivity index (χ3n) is 2.02. The van der Waals surface area contributed by atoms with Crippen LogP contribution in [0.3, 0.4) is 0 Å². The van der Waals surface area contributed by atoms with Crippen molar-refractivity contribution in [3.05, 3.63) is 0 Å². The van der Waals surface area contributed by atoms with Crippen LogP contribution in [0, 0.1) is 0 Å². The Balaban J connectivity index is 2.90. The van der Waals surface area contributed by atoms with Crippen LogP contribution in [0.4, 0.5) is 0 Å². The van der Waals surface area contributed by atoms with Gasteiger partial charge in [0.2, 0.25) is 0 Å². The van der Waals surface area contributed by atoms with Crippen LogP contribution >= 0.6 is 11.8 Å². The highest BCUT2D eigenvalue weighted by Crippen LogP contribution is 2.15. The van der Waals surface area contributed by atoms with Crippen molar-refractivity contribution in [1.82, 2.24) is 0 Å². The van der Waals surface area contributed by atoms with Crippen molar-refractivity contribution in [2.45, 2.75) is 51.2 Å². The Bertz CT molecular complexity index is 85.9. The van der Waals surface area contributed by atoms with Crippen LogP contribution in [0.5, 0.6) is 0 Å². The van der Waals surface area contributed by atoms with Gasteiger partial charge in [0.05, 0.1) is 6.61 Å². The Kier molecular flexibility index (Phi) is 9.64. The molecule has 0 aliphatic heterocycles. The second-order valence-corrected chi connectivity index (χ2v) is 4.75. The molecule has 0 saturated heterocycles. The largest absolute Gasteiger partial charge is 0.237 e. The van der Waals surface area contributed by atoms with Gasteiger partial charge in [-0.3, -0.25) is 0 Å². The number of rotatable bonds is 8. The molecule has 0 saturated carbocycles. The molecule has 1 unspecified atom stereocenters. The monoisotopic (exact) mass is 189 g/mol. The van der Waals surface area contributed by atoms with E-state index in [1.807, 2.05) is 0 Å². The van der Waals surface area contributed by atoms with Crippen molar-refractivity contribution in [2.75, 3.05) is 12.4 Å². The summed E-state index contributed by atoms with van der Waals surface area (Å²) in [4.78, 5) is 0. The third kappa shape index (κ3) is 8.41. The molecule has 2 heteroatoms. The first kappa shape index (κ1) is 12.3. The second kappa shape index (κ2) is 9.40. The summed E-state index contributed by atoms with van der Waals surface area (Å²) >= 11 is 2.06. The van der Waals surface area contributed by atoms with E-state index in [1.54, 1.807) is 0 Å². The lowest BCUT2D eigenvalue weighted by Crippen LogP contribution is -1.94. The fourth-order valence-corrected chi connectivity index (χ4v) is 1.97. The molecule has 0 aromatic carbocycles. The molecule has 0 N–H and O–H groups in total. The highest BCUT2D eigenvalue weighted by molar-refractivity contribution is 7.99. The van der Waals surface area contributed by atoms with E-state index in [0.29, 0.717) is 0 Å². The second-order valence-electron chi connectivity index (χ2n) is 3.21. The minimum Gasteiger partial charge on any atom is -0.237 e. The quantitative estimate of drug-likeness (QED) is 0.535. The Morgan fingerprint density at radius 1 is 1.17 bits per heavy atom. The molecule has 0 fully saturated rings. The molecule has 0 amide bonds. The molecule has 12 heavy (non-hydrogen) atoms. The van der Waals surface area contributed by atoms with Gasteiger partial charge in [0.1, 0.15) is 0 Å². The van der Waals surface area contributed by atoms with E-state index in [4.69, 9.17) is 0 Å². The number of thioether (sulfide) groups is 1. The summed E-state index contributed by atoms with van der Waals surface area (Å²) in [7, 11) is 0. The maximum absolute atomic E-state index is 10.1. The van der Waals surface area contributed by atoms with Crippen LogP contribution in [0.25, 0.3) is 0 Å². The standard InChI is InChI=1S/C10H21OS/c1-3-10(2)12-9-7-5-4-6-8-11/h10H,3-9H2,1-2H3. The predicted molar refractivity (Wildman–Crippen MR) is 56.2 cm³/mol. The smallest absolute Gasteiger partial charge is 0.0822 e. The van der Waals surface area contributed by atoms with Gasteiger partial charge in [-0.1, -0.05) is 26.7 Å². The van der Waals surface area contributed by atoms with E-state index in [0.717, 1.165) is 18.1 Å². The summed E-state index contributed by atoms with van der Waals surface area (Å²) in [6, 6.07) is 0. The van der Waals surface area contributed by atoms with Gasteiger partial charge in [-0.05, 0) is 25.0 Å². The van der Waals surface area contributed by atoms with Gasteiger partial charge in [0, 0.05) is 5.25 Å². The van der Waals surface area contributed by atoms with E-state index in [-0.39, 0.29) is 6.61 Å². The molecule has 1 atom stereocenters. The average molecular weight is 189 g/mol. The minimum absolute atomic E-state index is 0.110. The average Bonchev–Trinajstić information content (AvgIpc) is 2.10. The van der Waals surface area contributed by atoms with Crippen LogP contribution < -0.4 is 0 Å². The molecule has 0 rings (SSSR count). The highest BCUT2D eigenvalue weighted by atomic mass is 32.2. The Hall–Kier alpha value is 0.310. The van der Waals surface area contributed by atoms with E-state index >= 15 is 0 Å². The van der Waals surface area contributed by atoms with Gasteiger partial charge in [0.15, 0.2) is 0 Å². The fourth-order valence-electron chi connectivity index (χ4n) is 0.960. The van der Waals surface area contributed by atoms with Gasteiger partial charge >= 0.3 is 0 Å². The Morgan fingerprint density at radius 2 is 1.83 bits per heavy atom. The van der Waals surface area contributed by atoms with Gasteiger partial charge in [-0.25, -0.2) is 5.11 Å². The van der Waals surface area contributed by atoms with Crippen molar-refractivity contribution in [3.8, 4) is 0 Å². The molecule has 0 heterocycles. The summed E-state index contributed by atoms with van der Waals surface area (Å²) in [5.41, 5.74) is 0. The van der Waals surface area contributed by atoms with Gasteiger partial charge < -0.3 is 0 Å². The molecule has 73 valence electrons. The van der Waals surface area contributed by atoms with Crippen molar-refractivity contribution in [1.29, 1.82) is 0 Å². The minimum atomic E-state index is 0.110. The van der Waals surface area contributed by atoms with Crippen molar-refractivity contribution in [2.24, 2.45) is 0 Å². The topological polar surface area (TPSA) is 19.9 Å². The summed E-state index contributed by atoms with van der Waals surface area (Å²) in [5.74, 6) is 1.27. The Labute approximate surface area is 80.9 Å². The molecule has 0 aromatic heterocycles. The lowest BCUT2D eigenvalue weighted by Gasteiger charge is -2.06. The highest BCUT2D eigenvalue weighted by Gasteiger charge is 1.97. The first-order chi connectivity index (χ1) is 5.81. The van der Waals surface area contributed by atoms with Crippen LogP contribution in [0.1, 0.15) is 46.0 Å². The molecule has 0 bridgehead atoms. The van der Waals surface area contributed by atoms with Crippen LogP contribution in [-0.4, -0.2) is 17.6 Å².